The molecule has 0 aliphatic heterocycles. The van der Waals surface area contributed by atoms with Gasteiger partial charge in [-0.1, -0.05) is 24.0 Å². The second kappa shape index (κ2) is 5.22. The minimum atomic E-state index is -0.474. The molecule has 1 heterocycles. The summed E-state index contributed by atoms with van der Waals surface area (Å²) in [6.45, 7) is 6.15. The Morgan fingerprint density at radius 1 is 1.30 bits per heavy atom. The fraction of sp³-hybridized carbons (Fsp3) is 0.250. The molecule has 4 nitrogen and oxygen atoms in total. The average Bonchev–Trinajstić information content (AvgIpc) is 2.84. The molecule has 0 atom stereocenters. The largest absolute Gasteiger partial charge is 0.366 e. The number of benzene rings is 1. The number of para-hydroxylation sites is 1. The first-order chi connectivity index (χ1) is 9.37. The number of nitrogens with two attached hydrogens (primary N) is 1. The Morgan fingerprint density at radius 2 is 2.00 bits per heavy atom. The standard InChI is InChI=1S/C16H17N3O/c1-16(2,3)9-8-12-10-18-19(11-12)14-7-5-4-6-13(14)15(17)20/h4-7,10-11H,1-3H3,(H2,17,20). The van der Waals surface area contributed by atoms with E-state index in [1.165, 1.54) is 0 Å². The molecule has 102 valence electrons. The molecule has 0 spiro atoms. The van der Waals surface area contributed by atoms with E-state index in [1.807, 2.05) is 26.8 Å². The van der Waals surface area contributed by atoms with Crippen LogP contribution in [0.2, 0.25) is 0 Å². The van der Waals surface area contributed by atoms with Crippen LogP contribution in [0.3, 0.4) is 0 Å². The van der Waals surface area contributed by atoms with Gasteiger partial charge in [0.1, 0.15) is 0 Å². The Morgan fingerprint density at radius 3 is 2.65 bits per heavy atom. The van der Waals surface area contributed by atoms with Gasteiger partial charge in [0.25, 0.3) is 5.91 Å². The molecule has 0 unspecified atom stereocenters. The number of aromatic nitrogens is 2. The monoisotopic (exact) mass is 267 g/mol. The second-order valence-electron chi connectivity index (χ2n) is 5.55. The Hall–Kier alpha value is -2.54. The second-order valence-corrected chi connectivity index (χ2v) is 5.55. The molecule has 1 amide bonds. The van der Waals surface area contributed by atoms with E-state index in [0.717, 1.165) is 5.56 Å². The first-order valence-electron chi connectivity index (χ1n) is 6.34. The van der Waals surface area contributed by atoms with Crippen molar-refractivity contribution in [3.63, 3.8) is 0 Å². The lowest BCUT2D eigenvalue weighted by Crippen LogP contribution is -2.14. The Labute approximate surface area is 118 Å². The molecule has 0 saturated carbocycles. The smallest absolute Gasteiger partial charge is 0.250 e. The number of carbonyl (C=O) groups excluding carboxylic acids is 1. The molecule has 0 saturated heterocycles. The van der Waals surface area contributed by atoms with E-state index in [4.69, 9.17) is 5.73 Å². The molecule has 0 aliphatic carbocycles. The third-order valence-corrected chi connectivity index (χ3v) is 2.58. The van der Waals surface area contributed by atoms with Crippen molar-refractivity contribution in [1.82, 2.24) is 9.78 Å². The van der Waals surface area contributed by atoms with Crippen LogP contribution >= 0.6 is 0 Å². The minimum absolute atomic E-state index is 0.0623. The number of amides is 1. The fourth-order valence-corrected chi connectivity index (χ4v) is 1.66. The summed E-state index contributed by atoms with van der Waals surface area (Å²) in [5.41, 5.74) is 7.20. The van der Waals surface area contributed by atoms with Crippen LogP contribution in [0.25, 0.3) is 5.69 Å². The van der Waals surface area contributed by atoms with E-state index in [9.17, 15) is 4.79 Å². The lowest BCUT2D eigenvalue weighted by atomic mass is 9.98. The highest BCUT2D eigenvalue weighted by atomic mass is 16.1. The van der Waals surface area contributed by atoms with Crippen molar-refractivity contribution >= 4 is 5.91 Å². The SMILES string of the molecule is CC(C)(C)C#Cc1cnn(-c2ccccc2C(N)=O)c1. The quantitative estimate of drug-likeness (QED) is 0.849. The van der Waals surface area contributed by atoms with Gasteiger partial charge >= 0.3 is 0 Å². The predicted molar refractivity (Wildman–Crippen MR) is 78.4 cm³/mol. The molecule has 2 aromatic rings. The summed E-state index contributed by atoms with van der Waals surface area (Å²) < 4.78 is 1.62. The summed E-state index contributed by atoms with van der Waals surface area (Å²) in [6, 6.07) is 7.09. The van der Waals surface area contributed by atoms with Gasteiger partial charge in [-0.3, -0.25) is 4.79 Å². The van der Waals surface area contributed by atoms with Gasteiger partial charge < -0.3 is 5.73 Å². The maximum atomic E-state index is 11.4. The number of carbonyl (C=O) groups is 1. The van der Waals surface area contributed by atoms with Gasteiger partial charge in [0.05, 0.1) is 23.0 Å². The zero-order valence-electron chi connectivity index (χ0n) is 11.8. The van der Waals surface area contributed by atoms with Gasteiger partial charge in [0.2, 0.25) is 0 Å². The molecular formula is C16H17N3O. The highest BCUT2D eigenvalue weighted by Gasteiger charge is 2.10. The van der Waals surface area contributed by atoms with Gasteiger partial charge in [-0.2, -0.15) is 5.10 Å². The van der Waals surface area contributed by atoms with E-state index >= 15 is 0 Å². The van der Waals surface area contributed by atoms with E-state index in [-0.39, 0.29) is 5.41 Å². The van der Waals surface area contributed by atoms with Crippen molar-refractivity contribution in [1.29, 1.82) is 0 Å². The van der Waals surface area contributed by atoms with E-state index in [2.05, 4.69) is 16.9 Å². The highest BCUT2D eigenvalue weighted by molar-refractivity contribution is 5.96. The van der Waals surface area contributed by atoms with Gasteiger partial charge in [-0.25, -0.2) is 4.68 Å². The molecule has 0 aliphatic rings. The summed E-state index contributed by atoms with van der Waals surface area (Å²) in [6.07, 6.45) is 3.47. The third-order valence-electron chi connectivity index (χ3n) is 2.58. The van der Waals surface area contributed by atoms with Crippen molar-refractivity contribution in [2.24, 2.45) is 11.1 Å². The molecule has 1 aromatic carbocycles. The molecule has 2 rings (SSSR count). The summed E-state index contributed by atoms with van der Waals surface area (Å²) in [4.78, 5) is 11.4. The number of hydrogen-bond acceptors (Lipinski definition) is 2. The lowest BCUT2D eigenvalue weighted by molar-refractivity contribution is 0.1000. The molecule has 0 radical (unpaired) electrons. The topological polar surface area (TPSA) is 60.9 Å². The van der Waals surface area contributed by atoms with Crippen LogP contribution in [0.1, 0.15) is 36.7 Å². The molecule has 0 fully saturated rings. The Kier molecular flexibility index (Phi) is 3.62. The van der Waals surface area contributed by atoms with Crippen LogP contribution in [0, 0.1) is 17.3 Å². The first kappa shape index (κ1) is 13.9. The maximum Gasteiger partial charge on any atom is 0.250 e. The summed E-state index contributed by atoms with van der Waals surface area (Å²) >= 11 is 0. The molecule has 4 heteroatoms. The number of nitrogens with zero attached hydrogens (tertiary/aromatic N) is 2. The zero-order chi connectivity index (χ0) is 14.8. The lowest BCUT2D eigenvalue weighted by Gasteiger charge is -2.06. The Bertz CT molecular complexity index is 696. The third kappa shape index (κ3) is 3.27. The van der Waals surface area contributed by atoms with Gasteiger partial charge in [0, 0.05) is 11.6 Å². The maximum absolute atomic E-state index is 11.4. The van der Waals surface area contributed by atoms with Crippen molar-refractivity contribution in [2.75, 3.05) is 0 Å². The van der Waals surface area contributed by atoms with Crippen molar-refractivity contribution in [2.45, 2.75) is 20.8 Å². The minimum Gasteiger partial charge on any atom is -0.366 e. The highest BCUT2D eigenvalue weighted by Crippen LogP contribution is 2.14. The normalized spacial score (nSPS) is 10.8. The van der Waals surface area contributed by atoms with Crippen molar-refractivity contribution < 1.29 is 4.79 Å². The van der Waals surface area contributed by atoms with Gasteiger partial charge in [-0.05, 0) is 32.9 Å². The van der Waals surface area contributed by atoms with E-state index in [0.29, 0.717) is 11.3 Å². The van der Waals surface area contributed by atoms with Crippen LogP contribution in [0.4, 0.5) is 0 Å². The molecule has 20 heavy (non-hydrogen) atoms. The van der Waals surface area contributed by atoms with E-state index in [1.54, 1.807) is 35.3 Å². The van der Waals surface area contributed by atoms with Crippen LogP contribution in [-0.2, 0) is 0 Å². The van der Waals surface area contributed by atoms with E-state index < -0.39 is 5.91 Å². The summed E-state index contributed by atoms with van der Waals surface area (Å²) in [7, 11) is 0. The van der Waals surface area contributed by atoms with Crippen molar-refractivity contribution in [3.05, 3.63) is 47.8 Å². The van der Waals surface area contributed by atoms with Crippen molar-refractivity contribution in [3.8, 4) is 17.5 Å². The molecule has 2 N–H and O–H groups in total. The van der Waals surface area contributed by atoms with Crippen LogP contribution in [0.15, 0.2) is 36.7 Å². The van der Waals surface area contributed by atoms with Crippen LogP contribution in [0.5, 0.6) is 0 Å². The first-order valence-corrected chi connectivity index (χ1v) is 6.34. The predicted octanol–water partition coefficient (Wildman–Crippen LogP) is 2.37. The summed E-state index contributed by atoms with van der Waals surface area (Å²) in [5, 5.41) is 4.24. The number of rotatable bonds is 2. The number of primary amides is 1. The molecule has 1 aromatic heterocycles. The molecule has 0 bridgehead atoms. The molecular weight excluding hydrogens is 250 g/mol. The summed E-state index contributed by atoms with van der Waals surface area (Å²) in [5.74, 6) is 5.75. The zero-order valence-corrected chi connectivity index (χ0v) is 11.8. The fourth-order valence-electron chi connectivity index (χ4n) is 1.66. The van der Waals surface area contributed by atoms with Gasteiger partial charge in [0.15, 0.2) is 0 Å². The Balaban J connectivity index is 2.39. The van der Waals surface area contributed by atoms with Gasteiger partial charge in [-0.15, -0.1) is 0 Å². The van der Waals surface area contributed by atoms with Crippen LogP contribution < -0.4 is 5.73 Å². The number of hydrogen-bond donors (Lipinski definition) is 1. The average molecular weight is 267 g/mol. The van der Waals surface area contributed by atoms with Crippen LogP contribution in [-0.4, -0.2) is 15.7 Å².